The summed E-state index contributed by atoms with van der Waals surface area (Å²) in [6.45, 7) is 4.34. The zero-order chi connectivity index (χ0) is 18.2. The lowest BCUT2D eigenvalue weighted by atomic mass is 10.2. The summed E-state index contributed by atoms with van der Waals surface area (Å²) in [4.78, 5) is 10.2. The average molecular weight is 384 g/mol. The van der Waals surface area contributed by atoms with Crippen molar-refractivity contribution in [1.82, 2.24) is 5.32 Å². The van der Waals surface area contributed by atoms with E-state index in [1.54, 1.807) is 18.2 Å². The van der Waals surface area contributed by atoms with Gasteiger partial charge >= 0.3 is 0 Å². The second-order valence-electron chi connectivity index (χ2n) is 5.22. The number of non-ortho nitro benzene ring substituents is 1. The van der Waals surface area contributed by atoms with Gasteiger partial charge in [-0.25, -0.2) is 0 Å². The van der Waals surface area contributed by atoms with E-state index in [9.17, 15) is 10.1 Å². The number of rotatable bonds is 9. The Morgan fingerprint density at radius 3 is 2.52 bits per heavy atom. The molecule has 0 aliphatic carbocycles. The topological polar surface area (TPSA) is 76.4 Å². The molecule has 0 saturated heterocycles. The van der Waals surface area contributed by atoms with Crippen LogP contribution in [0.3, 0.4) is 0 Å². The molecule has 25 heavy (non-hydrogen) atoms. The molecule has 2 rings (SSSR count). The maximum Gasteiger partial charge on any atom is 0.269 e. The van der Waals surface area contributed by atoms with Crippen molar-refractivity contribution in [3.05, 3.63) is 62.1 Å². The molecule has 6 nitrogen and oxygen atoms in total. The van der Waals surface area contributed by atoms with Gasteiger partial charge in [0.1, 0.15) is 5.75 Å². The third kappa shape index (κ3) is 5.77. The van der Waals surface area contributed by atoms with Crippen molar-refractivity contribution < 1.29 is 9.66 Å². The van der Waals surface area contributed by atoms with Crippen LogP contribution in [0, 0.1) is 10.1 Å². The molecule has 0 fully saturated rings. The van der Waals surface area contributed by atoms with Crippen LogP contribution in [0.2, 0.25) is 10.0 Å². The standard InChI is InChI=1S/C17H19Cl2N3O3/c1-2-25-17-12(9-13(18)10-16(17)19)11-20-7-8-21-14-3-5-15(6-4-14)22(23)24/h3-6,9-10,20-21H,2,7-8,11H2,1H3. The van der Waals surface area contributed by atoms with E-state index in [0.717, 1.165) is 11.3 Å². The molecular formula is C17H19Cl2N3O3. The Morgan fingerprint density at radius 1 is 1.16 bits per heavy atom. The van der Waals surface area contributed by atoms with E-state index >= 15 is 0 Å². The minimum atomic E-state index is -0.419. The molecule has 8 heteroatoms. The number of nitrogens with zero attached hydrogens (tertiary/aromatic N) is 1. The minimum Gasteiger partial charge on any atom is -0.492 e. The van der Waals surface area contributed by atoms with Gasteiger partial charge in [-0.05, 0) is 31.2 Å². The highest BCUT2D eigenvalue weighted by atomic mass is 35.5. The van der Waals surface area contributed by atoms with Crippen LogP contribution in [0.4, 0.5) is 11.4 Å². The Labute approximate surface area is 156 Å². The number of nitrogens with one attached hydrogen (secondary N) is 2. The molecule has 0 atom stereocenters. The summed E-state index contributed by atoms with van der Waals surface area (Å²) in [5.74, 6) is 0.643. The van der Waals surface area contributed by atoms with Crippen LogP contribution < -0.4 is 15.4 Å². The molecule has 0 saturated carbocycles. The van der Waals surface area contributed by atoms with Crippen LogP contribution in [0.5, 0.6) is 5.75 Å². The molecule has 0 bridgehead atoms. The van der Waals surface area contributed by atoms with Crippen LogP contribution in [0.1, 0.15) is 12.5 Å². The number of anilines is 1. The first kappa shape index (κ1) is 19.3. The molecular weight excluding hydrogens is 365 g/mol. The van der Waals surface area contributed by atoms with Crippen molar-refractivity contribution in [1.29, 1.82) is 0 Å². The van der Waals surface area contributed by atoms with Crippen LogP contribution >= 0.6 is 23.2 Å². The van der Waals surface area contributed by atoms with E-state index < -0.39 is 4.92 Å². The monoisotopic (exact) mass is 383 g/mol. The van der Waals surface area contributed by atoms with E-state index in [-0.39, 0.29) is 5.69 Å². The summed E-state index contributed by atoms with van der Waals surface area (Å²) in [7, 11) is 0. The van der Waals surface area contributed by atoms with Gasteiger partial charge in [-0.1, -0.05) is 23.2 Å². The average Bonchev–Trinajstić information content (AvgIpc) is 2.58. The first-order valence-corrected chi connectivity index (χ1v) is 8.56. The molecule has 0 amide bonds. The maximum atomic E-state index is 10.6. The molecule has 0 aliphatic rings. The van der Waals surface area contributed by atoms with Crippen molar-refractivity contribution in [3.8, 4) is 5.75 Å². The molecule has 0 radical (unpaired) electrons. The SMILES string of the molecule is CCOc1c(Cl)cc(Cl)cc1CNCCNc1ccc([N+](=O)[O-])cc1. The summed E-state index contributed by atoms with van der Waals surface area (Å²) >= 11 is 12.2. The zero-order valence-corrected chi connectivity index (χ0v) is 15.2. The predicted molar refractivity (Wildman–Crippen MR) is 101 cm³/mol. The lowest BCUT2D eigenvalue weighted by Crippen LogP contribution is -2.22. The van der Waals surface area contributed by atoms with E-state index in [0.29, 0.717) is 42.0 Å². The Hall–Kier alpha value is -2.02. The zero-order valence-electron chi connectivity index (χ0n) is 13.7. The second kappa shape index (κ2) is 9.46. The smallest absolute Gasteiger partial charge is 0.269 e. The Bertz CT molecular complexity index is 724. The maximum absolute atomic E-state index is 10.6. The summed E-state index contributed by atoms with van der Waals surface area (Å²) in [6, 6.07) is 9.79. The molecule has 0 spiro atoms. The molecule has 2 aromatic carbocycles. The van der Waals surface area contributed by atoms with Gasteiger partial charge in [-0.2, -0.15) is 0 Å². The van der Waals surface area contributed by atoms with Gasteiger partial charge in [0.2, 0.25) is 0 Å². The highest BCUT2D eigenvalue weighted by molar-refractivity contribution is 6.35. The van der Waals surface area contributed by atoms with Crippen LogP contribution in [-0.2, 0) is 6.54 Å². The largest absolute Gasteiger partial charge is 0.492 e. The Morgan fingerprint density at radius 2 is 1.88 bits per heavy atom. The highest BCUT2D eigenvalue weighted by Gasteiger charge is 2.10. The lowest BCUT2D eigenvalue weighted by Gasteiger charge is -2.14. The van der Waals surface area contributed by atoms with Crippen LogP contribution in [-0.4, -0.2) is 24.6 Å². The van der Waals surface area contributed by atoms with Gasteiger partial charge in [-0.15, -0.1) is 0 Å². The fraction of sp³-hybridized carbons (Fsp3) is 0.294. The normalized spacial score (nSPS) is 10.5. The second-order valence-corrected chi connectivity index (χ2v) is 6.06. The molecule has 134 valence electrons. The molecule has 0 unspecified atom stereocenters. The number of ether oxygens (including phenoxy) is 1. The van der Waals surface area contributed by atoms with Crippen molar-refractivity contribution in [2.75, 3.05) is 25.0 Å². The molecule has 2 aromatic rings. The molecule has 0 aromatic heterocycles. The van der Waals surface area contributed by atoms with Crippen molar-refractivity contribution >= 4 is 34.6 Å². The number of hydrogen-bond acceptors (Lipinski definition) is 5. The number of benzene rings is 2. The van der Waals surface area contributed by atoms with Crippen molar-refractivity contribution in [2.24, 2.45) is 0 Å². The van der Waals surface area contributed by atoms with E-state index in [4.69, 9.17) is 27.9 Å². The van der Waals surface area contributed by atoms with Crippen LogP contribution in [0.15, 0.2) is 36.4 Å². The molecule has 0 aliphatic heterocycles. The number of nitro groups is 1. The fourth-order valence-electron chi connectivity index (χ4n) is 2.27. The van der Waals surface area contributed by atoms with E-state index in [1.165, 1.54) is 12.1 Å². The summed E-state index contributed by atoms with van der Waals surface area (Å²) < 4.78 is 5.58. The molecule has 0 heterocycles. The summed E-state index contributed by atoms with van der Waals surface area (Å²) in [5, 5.41) is 18.2. The Balaban J connectivity index is 1.82. The summed E-state index contributed by atoms with van der Waals surface area (Å²) in [6.07, 6.45) is 0. The quantitative estimate of drug-likeness (QED) is 0.378. The Kier molecular flexibility index (Phi) is 7.31. The fourth-order valence-corrected chi connectivity index (χ4v) is 2.86. The summed E-state index contributed by atoms with van der Waals surface area (Å²) in [5.41, 5.74) is 1.80. The number of halogens is 2. The van der Waals surface area contributed by atoms with E-state index in [2.05, 4.69) is 10.6 Å². The third-order valence-electron chi connectivity index (χ3n) is 3.40. The third-order valence-corrected chi connectivity index (χ3v) is 3.90. The first-order chi connectivity index (χ1) is 12.0. The minimum absolute atomic E-state index is 0.0740. The van der Waals surface area contributed by atoms with E-state index in [1.807, 2.05) is 13.0 Å². The van der Waals surface area contributed by atoms with Gasteiger partial charge in [0.25, 0.3) is 5.69 Å². The van der Waals surface area contributed by atoms with Gasteiger partial charge in [0.15, 0.2) is 0 Å². The number of nitro benzene ring substituents is 1. The van der Waals surface area contributed by atoms with Gasteiger partial charge in [0, 0.05) is 48.0 Å². The van der Waals surface area contributed by atoms with Gasteiger partial charge in [0.05, 0.1) is 16.6 Å². The predicted octanol–water partition coefficient (Wildman–Crippen LogP) is 4.50. The van der Waals surface area contributed by atoms with Crippen LogP contribution in [0.25, 0.3) is 0 Å². The van der Waals surface area contributed by atoms with Gasteiger partial charge in [-0.3, -0.25) is 10.1 Å². The van der Waals surface area contributed by atoms with Crippen molar-refractivity contribution in [3.63, 3.8) is 0 Å². The molecule has 2 N–H and O–H groups in total. The van der Waals surface area contributed by atoms with Gasteiger partial charge < -0.3 is 15.4 Å². The highest BCUT2D eigenvalue weighted by Crippen LogP contribution is 2.32. The van der Waals surface area contributed by atoms with Crippen molar-refractivity contribution in [2.45, 2.75) is 13.5 Å². The number of hydrogen-bond donors (Lipinski definition) is 2. The lowest BCUT2D eigenvalue weighted by molar-refractivity contribution is -0.384. The first-order valence-electron chi connectivity index (χ1n) is 7.81.